The third-order valence-corrected chi connectivity index (χ3v) is 5.99. The van der Waals surface area contributed by atoms with Gasteiger partial charge in [0.25, 0.3) is 11.1 Å². The molecule has 1 saturated heterocycles. The quantitative estimate of drug-likeness (QED) is 0.313. The Morgan fingerprint density at radius 1 is 1.00 bits per heavy atom. The van der Waals surface area contributed by atoms with E-state index < -0.39 is 11.1 Å². The predicted octanol–water partition coefficient (Wildman–Crippen LogP) is 6.38. The number of phenols is 1. The van der Waals surface area contributed by atoms with E-state index in [4.69, 9.17) is 9.47 Å². The number of phenolic OH excluding ortho intramolecular Hbond substituents is 1. The molecular weight excluding hydrogens is 426 g/mol. The zero-order chi connectivity index (χ0) is 22.9. The Balaban J connectivity index is 1.65. The third-order valence-electron chi connectivity index (χ3n) is 5.12. The number of carbonyl (C=O) groups excluding carboxylic acids is 2. The maximum Gasteiger partial charge on any atom is 0.298 e. The van der Waals surface area contributed by atoms with Crippen molar-refractivity contribution >= 4 is 34.7 Å². The molecule has 0 radical (unpaired) electrons. The van der Waals surface area contributed by atoms with Crippen LogP contribution in [0.3, 0.4) is 0 Å². The van der Waals surface area contributed by atoms with Crippen molar-refractivity contribution in [2.75, 3.05) is 18.6 Å². The van der Waals surface area contributed by atoms with E-state index >= 15 is 0 Å². The number of methoxy groups -OCH3 is 1. The Hall–Kier alpha value is -2.93. The van der Waals surface area contributed by atoms with Gasteiger partial charge in [0.2, 0.25) is 0 Å². The first-order valence-electron chi connectivity index (χ1n) is 10.9. The van der Waals surface area contributed by atoms with Crippen LogP contribution in [0.4, 0.5) is 10.5 Å². The van der Waals surface area contributed by atoms with E-state index in [9.17, 15) is 14.7 Å². The van der Waals surface area contributed by atoms with Crippen molar-refractivity contribution in [2.45, 2.75) is 45.4 Å². The lowest BCUT2D eigenvalue weighted by atomic mass is 10.1. The summed E-state index contributed by atoms with van der Waals surface area (Å²) in [5.74, 6) is 0.808. The number of unbranched alkanes of at least 4 members (excludes halogenated alkanes) is 5. The maximum atomic E-state index is 12.8. The van der Waals surface area contributed by atoms with Gasteiger partial charge < -0.3 is 14.6 Å². The predicted molar refractivity (Wildman–Crippen MR) is 128 cm³/mol. The monoisotopic (exact) mass is 455 g/mol. The minimum absolute atomic E-state index is 0.00758. The van der Waals surface area contributed by atoms with Gasteiger partial charge >= 0.3 is 0 Å². The van der Waals surface area contributed by atoms with E-state index in [-0.39, 0.29) is 5.75 Å². The molecule has 2 amide bonds. The highest BCUT2D eigenvalue weighted by Gasteiger charge is 2.36. The lowest BCUT2D eigenvalue weighted by molar-refractivity contribution is -0.113. The van der Waals surface area contributed by atoms with Crippen molar-refractivity contribution in [1.82, 2.24) is 0 Å². The second kappa shape index (κ2) is 11.6. The summed E-state index contributed by atoms with van der Waals surface area (Å²) in [6.45, 7) is 2.84. The van der Waals surface area contributed by atoms with E-state index in [0.29, 0.717) is 28.7 Å². The largest absolute Gasteiger partial charge is 0.508 e. The molecule has 0 aliphatic carbocycles. The van der Waals surface area contributed by atoms with Crippen LogP contribution in [0.1, 0.15) is 51.0 Å². The molecule has 0 spiro atoms. The molecule has 0 saturated carbocycles. The Morgan fingerprint density at radius 2 is 1.78 bits per heavy atom. The molecule has 2 aromatic rings. The number of carbonyl (C=O) groups is 2. The van der Waals surface area contributed by atoms with Gasteiger partial charge in [-0.1, -0.05) is 51.2 Å². The van der Waals surface area contributed by atoms with E-state index in [2.05, 4.69) is 6.92 Å². The van der Waals surface area contributed by atoms with Crippen LogP contribution in [0.2, 0.25) is 0 Å². The SMILES string of the molecule is CCCCCCCCOc1ccc(C=C2SC(=O)N(c3cccc(O)c3)C2=O)cc1OC. The average Bonchev–Trinajstić information content (AvgIpc) is 3.06. The summed E-state index contributed by atoms with van der Waals surface area (Å²) in [4.78, 5) is 26.6. The summed E-state index contributed by atoms with van der Waals surface area (Å²) in [5.41, 5.74) is 1.07. The fraction of sp³-hybridized carbons (Fsp3) is 0.360. The smallest absolute Gasteiger partial charge is 0.298 e. The fourth-order valence-corrected chi connectivity index (χ4v) is 4.27. The average molecular weight is 456 g/mol. The summed E-state index contributed by atoms with van der Waals surface area (Å²) in [6.07, 6.45) is 8.82. The van der Waals surface area contributed by atoms with E-state index in [0.717, 1.165) is 35.1 Å². The lowest BCUT2D eigenvalue weighted by Crippen LogP contribution is -2.27. The number of anilines is 1. The number of benzene rings is 2. The lowest BCUT2D eigenvalue weighted by Gasteiger charge is -2.12. The van der Waals surface area contributed by atoms with Crippen LogP contribution in [-0.2, 0) is 4.79 Å². The van der Waals surface area contributed by atoms with E-state index in [1.54, 1.807) is 31.4 Å². The van der Waals surface area contributed by atoms with Gasteiger partial charge in [0.15, 0.2) is 11.5 Å². The van der Waals surface area contributed by atoms with Crippen molar-refractivity contribution in [3.8, 4) is 17.2 Å². The number of amides is 2. The molecule has 0 unspecified atom stereocenters. The van der Waals surface area contributed by atoms with Gasteiger partial charge in [0, 0.05) is 6.07 Å². The number of imide groups is 1. The van der Waals surface area contributed by atoms with Gasteiger partial charge in [-0.15, -0.1) is 0 Å². The number of hydrogen-bond acceptors (Lipinski definition) is 6. The third kappa shape index (κ3) is 6.07. The van der Waals surface area contributed by atoms with Crippen LogP contribution in [0.15, 0.2) is 47.4 Å². The first-order valence-corrected chi connectivity index (χ1v) is 11.7. The molecule has 7 heteroatoms. The molecule has 2 aromatic carbocycles. The molecule has 6 nitrogen and oxygen atoms in total. The molecule has 0 atom stereocenters. The number of thioether (sulfide) groups is 1. The van der Waals surface area contributed by atoms with Crippen LogP contribution < -0.4 is 14.4 Å². The molecule has 170 valence electrons. The summed E-state index contributed by atoms with van der Waals surface area (Å²) in [5, 5.41) is 9.26. The highest BCUT2D eigenvalue weighted by molar-refractivity contribution is 8.19. The van der Waals surface area contributed by atoms with Gasteiger partial charge in [0.05, 0.1) is 24.3 Å². The normalized spacial score (nSPS) is 14.9. The van der Waals surface area contributed by atoms with Crippen molar-refractivity contribution in [3.05, 3.63) is 52.9 Å². The summed E-state index contributed by atoms with van der Waals surface area (Å²) in [7, 11) is 1.58. The molecule has 0 aromatic heterocycles. The number of ether oxygens (including phenoxy) is 2. The second-order valence-electron chi connectivity index (χ2n) is 7.56. The van der Waals surface area contributed by atoms with Crippen molar-refractivity contribution < 1.29 is 24.2 Å². The topological polar surface area (TPSA) is 76.1 Å². The highest BCUT2D eigenvalue weighted by Crippen LogP contribution is 2.37. The first kappa shape index (κ1) is 23.7. The highest BCUT2D eigenvalue weighted by atomic mass is 32.2. The second-order valence-corrected chi connectivity index (χ2v) is 8.56. The van der Waals surface area contributed by atoms with Crippen LogP contribution in [0.25, 0.3) is 6.08 Å². The molecule has 3 rings (SSSR count). The maximum absolute atomic E-state index is 12.8. The molecule has 1 N–H and O–H groups in total. The minimum Gasteiger partial charge on any atom is -0.508 e. The van der Waals surface area contributed by atoms with Gasteiger partial charge in [0.1, 0.15) is 5.75 Å². The molecule has 1 fully saturated rings. The molecule has 32 heavy (non-hydrogen) atoms. The van der Waals surface area contributed by atoms with Gasteiger partial charge in [-0.05, 0) is 54.1 Å². The summed E-state index contributed by atoms with van der Waals surface area (Å²) < 4.78 is 11.3. The number of nitrogens with zero attached hydrogens (tertiary/aromatic N) is 1. The van der Waals surface area contributed by atoms with E-state index in [1.807, 2.05) is 12.1 Å². The Labute approximate surface area is 193 Å². The number of rotatable bonds is 11. The zero-order valence-electron chi connectivity index (χ0n) is 18.5. The Kier molecular flexibility index (Phi) is 8.62. The fourth-order valence-electron chi connectivity index (χ4n) is 3.43. The minimum atomic E-state index is -0.423. The van der Waals surface area contributed by atoms with Crippen LogP contribution in [0, 0.1) is 0 Å². The van der Waals surface area contributed by atoms with Crippen LogP contribution in [0.5, 0.6) is 17.2 Å². The summed E-state index contributed by atoms with van der Waals surface area (Å²) >= 11 is 0.865. The number of hydrogen-bond donors (Lipinski definition) is 1. The molecular formula is C25H29NO5S. The van der Waals surface area contributed by atoms with Gasteiger partial charge in [-0.3, -0.25) is 9.59 Å². The number of aromatic hydroxyl groups is 1. The standard InChI is InChI=1S/C25H29NO5S/c1-3-4-5-6-7-8-14-31-21-13-12-18(15-22(21)30-2)16-23-24(28)26(25(29)32-23)19-10-9-11-20(27)17-19/h9-13,15-17,27H,3-8,14H2,1-2H3. The van der Waals surface area contributed by atoms with Crippen LogP contribution >= 0.6 is 11.8 Å². The molecule has 0 bridgehead atoms. The Bertz CT molecular complexity index is 988. The first-order chi connectivity index (χ1) is 15.5. The van der Waals surface area contributed by atoms with Gasteiger partial charge in [-0.2, -0.15) is 0 Å². The molecule has 1 heterocycles. The van der Waals surface area contributed by atoms with Crippen molar-refractivity contribution in [2.24, 2.45) is 0 Å². The zero-order valence-corrected chi connectivity index (χ0v) is 19.3. The Morgan fingerprint density at radius 3 is 2.53 bits per heavy atom. The van der Waals surface area contributed by atoms with E-state index in [1.165, 1.54) is 37.8 Å². The molecule has 1 aliphatic rings. The van der Waals surface area contributed by atoms with Crippen molar-refractivity contribution in [1.29, 1.82) is 0 Å². The van der Waals surface area contributed by atoms with Crippen LogP contribution in [-0.4, -0.2) is 30.0 Å². The van der Waals surface area contributed by atoms with Crippen molar-refractivity contribution in [3.63, 3.8) is 0 Å². The summed E-state index contributed by atoms with van der Waals surface area (Å²) in [6, 6.07) is 11.5. The van der Waals surface area contributed by atoms with Gasteiger partial charge in [-0.25, -0.2) is 4.90 Å². The molecule has 1 aliphatic heterocycles.